The smallest absolute Gasteiger partial charge is 0.149 e. The van der Waals surface area contributed by atoms with Crippen LogP contribution in [0.3, 0.4) is 0 Å². The van der Waals surface area contributed by atoms with Gasteiger partial charge in [0.05, 0.1) is 5.69 Å². The van der Waals surface area contributed by atoms with Gasteiger partial charge in [0.15, 0.2) is 0 Å². The molecule has 1 aromatic carbocycles. The molecule has 1 aliphatic rings. The maximum absolute atomic E-state index is 5.97. The number of nitrogens with zero attached hydrogens (tertiary/aromatic N) is 2. The van der Waals surface area contributed by atoms with Gasteiger partial charge in [0, 0.05) is 15.7 Å². The van der Waals surface area contributed by atoms with Crippen molar-refractivity contribution < 1.29 is 0 Å². The molecular formula is C13H14BrN3. The van der Waals surface area contributed by atoms with E-state index in [2.05, 4.69) is 40.1 Å². The van der Waals surface area contributed by atoms with Gasteiger partial charge in [0.1, 0.15) is 5.82 Å². The normalized spacial score (nSPS) is 14.0. The third-order valence-corrected chi connectivity index (χ3v) is 3.84. The first-order valence-corrected chi connectivity index (χ1v) is 6.59. The molecule has 0 saturated heterocycles. The average molecular weight is 292 g/mol. The monoisotopic (exact) mass is 291 g/mol. The zero-order valence-corrected chi connectivity index (χ0v) is 11.3. The Bertz CT molecular complexity index is 587. The Balaban J connectivity index is 2.19. The second-order valence-corrected chi connectivity index (χ2v) is 5.42. The summed E-state index contributed by atoms with van der Waals surface area (Å²) in [5.74, 6) is 0.694. The summed E-state index contributed by atoms with van der Waals surface area (Å²) in [6, 6.07) is 6.24. The molecule has 17 heavy (non-hydrogen) atoms. The molecule has 0 aliphatic heterocycles. The zero-order chi connectivity index (χ0) is 12.0. The summed E-state index contributed by atoms with van der Waals surface area (Å²) in [4.78, 5) is 0. The van der Waals surface area contributed by atoms with E-state index in [9.17, 15) is 0 Å². The molecule has 0 fully saturated rings. The fourth-order valence-corrected chi connectivity index (χ4v) is 3.00. The molecule has 0 amide bonds. The SMILES string of the molecule is Cc1cc(Br)ccc1-n1nc(N)c2c1CCC2. The van der Waals surface area contributed by atoms with Crippen LogP contribution in [0.2, 0.25) is 0 Å². The molecule has 0 unspecified atom stereocenters. The number of hydrogen-bond donors (Lipinski definition) is 1. The van der Waals surface area contributed by atoms with Crippen LogP contribution in [0, 0.1) is 6.92 Å². The molecule has 0 atom stereocenters. The van der Waals surface area contributed by atoms with E-state index >= 15 is 0 Å². The fourth-order valence-electron chi connectivity index (χ4n) is 2.52. The van der Waals surface area contributed by atoms with Crippen LogP contribution in [-0.2, 0) is 12.8 Å². The van der Waals surface area contributed by atoms with Crippen LogP contribution >= 0.6 is 15.9 Å². The third kappa shape index (κ3) is 1.67. The predicted molar refractivity (Wildman–Crippen MR) is 72.4 cm³/mol. The molecule has 1 aromatic heterocycles. The largest absolute Gasteiger partial charge is 0.382 e. The van der Waals surface area contributed by atoms with Crippen molar-refractivity contribution in [3.63, 3.8) is 0 Å². The van der Waals surface area contributed by atoms with E-state index in [-0.39, 0.29) is 0 Å². The quantitative estimate of drug-likeness (QED) is 0.878. The molecule has 2 N–H and O–H groups in total. The molecule has 88 valence electrons. The molecule has 0 bridgehead atoms. The molecule has 0 radical (unpaired) electrons. The first-order valence-electron chi connectivity index (χ1n) is 5.79. The topological polar surface area (TPSA) is 43.8 Å². The van der Waals surface area contributed by atoms with Crippen molar-refractivity contribution in [1.82, 2.24) is 9.78 Å². The molecular weight excluding hydrogens is 278 g/mol. The summed E-state index contributed by atoms with van der Waals surface area (Å²) in [5.41, 5.74) is 10.8. The average Bonchev–Trinajstić information content (AvgIpc) is 2.84. The number of nitrogen functional groups attached to an aromatic ring is 1. The van der Waals surface area contributed by atoms with E-state index < -0.39 is 0 Å². The first kappa shape index (κ1) is 10.8. The number of halogens is 1. The van der Waals surface area contributed by atoms with Crippen molar-refractivity contribution in [2.24, 2.45) is 0 Å². The van der Waals surface area contributed by atoms with Crippen LogP contribution in [0.4, 0.5) is 5.82 Å². The molecule has 3 nitrogen and oxygen atoms in total. The Hall–Kier alpha value is -1.29. The highest BCUT2D eigenvalue weighted by Gasteiger charge is 2.22. The lowest BCUT2D eigenvalue weighted by Crippen LogP contribution is -2.03. The van der Waals surface area contributed by atoms with Gasteiger partial charge in [-0.05, 0) is 49.9 Å². The van der Waals surface area contributed by atoms with Crippen molar-refractivity contribution in [2.45, 2.75) is 26.2 Å². The number of nitrogens with two attached hydrogens (primary N) is 1. The van der Waals surface area contributed by atoms with Crippen molar-refractivity contribution in [1.29, 1.82) is 0 Å². The van der Waals surface area contributed by atoms with Crippen LogP contribution in [-0.4, -0.2) is 9.78 Å². The van der Waals surface area contributed by atoms with Gasteiger partial charge in [-0.25, -0.2) is 4.68 Å². The highest BCUT2D eigenvalue weighted by atomic mass is 79.9. The van der Waals surface area contributed by atoms with E-state index in [1.165, 1.54) is 23.2 Å². The number of fused-ring (bicyclic) bond motifs is 1. The molecule has 1 aliphatic carbocycles. The lowest BCUT2D eigenvalue weighted by atomic mass is 10.2. The van der Waals surface area contributed by atoms with E-state index in [0.29, 0.717) is 5.82 Å². The summed E-state index contributed by atoms with van der Waals surface area (Å²) in [7, 11) is 0. The highest BCUT2D eigenvalue weighted by molar-refractivity contribution is 9.10. The van der Waals surface area contributed by atoms with Crippen molar-refractivity contribution in [3.8, 4) is 5.69 Å². The summed E-state index contributed by atoms with van der Waals surface area (Å²) in [5, 5.41) is 4.47. The second-order valence-electron chi connectivity index (χ2n) is 4.51. The van der Waals surface area contributed by atoms with Crippen molar-refractivity contribution in [3.05, 3.63) is 39.5 Å². The van der Waals surface area contributed by atoms with Gasteiger partial charge in [-0.3, -0.25) is 0 Å². The second kappa shape index (κ2) is 3.88. The van der Waals surface area contributed by atoms with Crippen molar-refractivity contribution in [2.75, 3.05) is 5.73 Å². The Labute approximate surface area is 109 Å². The molecule has 0 saturated carbocycles. The van der Waals surface area contributed by atoms with Crippen LogP contribution in [0.15, 0.2) is 22.7 Å². The van der Waals surface area contributed by atoms with E-state index in [1.807, 2.05) is 10.7 Å². The lowest BCUT2D eigenvalue weighted by Gasteiger charge is -2.09. The summed E-state index contributed by atoms with van der Waals surface area (Å²) >= 11 is 3.48. The molecule has 3 rings (SSSR count). The van der Waals surface area contributed by atoms with Gasteiger partial charge in [-0.15, -0.1) is 0 Å². The molecule has 4 heteroatoms. The third-order valence-electron chi connectivity index (χ3n) is 3.35. The molecule has 1 heterocycles. The Kier molecular flexibility index (Phi) is 2.47. The van der Waals surface area contributed by atoms with Gasteiger partial charge in [0.25, 0.3) is 0 Å². The van der Waals surface area contributed by atoms with E-state index in [0.717, 1.165) is 23.0 Å². The minimum Gasteiger partial charge on any atom is -0.382 e. The van der Waals surface area contributed by atoms with E-state index in [4.69, 9.17) is 5.73 Å². The number of rotatable bonds is 1. The minimum absolute atomic E-state index is 0.694. The van der Waals surface area contributed by atoms with Crippen LogP contribution in [0.5, 0.6) is 0 Å². The van der Waals surface area contributed by atoms with Gasteiger partial charge in [0.2, 0.25) is 0 Å². The maximum atomic E-state index is 5.97. The van der Waals surface area contributed by atoms with Gasteiger partial charge >= 0.3 is 0 Å². The van der Waals surface area contributed by atoms with Crippen LogP contribution in [0.1, 0.15) is 23.2 Å². The minimum atomic E-state index is 0.694. The van der Waals surface area contributed by atoms with E-state index in [1.54, 1.807) is 0 Å². The number of aromatic nitrogens is 2. The standard InChI is InChI=1S/C13H14BrN3/c1-8-7-9(14)5-6-11(8)17-12-4-2-3-10(12)13(15)16-17/h5-7H,2-4H2,1H3,(H2,15,16). The van der Waals surface area contributed by atoms with Gasteiger partial charge < -0.3 is 5.73 Å². The Morgan fingerprint density at radius 2 is 2.18 bits per heavy atom. The zero-order valence-electron chi connectivity index (χ0n) is 9.70. The lowest BCUT2D eigenvalue weighted by molar-refractivity contribution is 0.784. The van der Waals surface area contributed by atoms with Gasteiger partial charge in [-0.1, -0.05) is 15.9 Å². The molecule has 2 aromatic rings. The summed E-state index contributed by atoms with van der Waals surface area (Å²) in [6.45, 7) is 2.10. The van der Waals surface area contributed by atoms with Crippen LogP contribution in [0.25, 0.3) is 5.69 Å². The highest BCUT2D eigenvalue weighted by Crippen LogP contribution is 2.30. The number of hydrogen-bond acceptors (Lipinski definition) is 2. The Morgan fingerprint density at radius 3 is 2.94 bits per heavy atom. The number of benzene rings is 1. The number of aryl methyl sites for hydroxylation is 1. The Morgan fingerprint density at radius 1 is 1.35 bits per heavy atom. The van der Waals surface area contributed by atoms with Gasteiger partial charge in [-0.2, -0.15) is 5.10 Å². The van der Waals surface area contributed by atoms with Crippen molar-refractivity contribution >= 4 is 21.7 Å². The summed E-state index contributed by atoms with van der Waals surface area (Å²) < 4.78 is 3.11. The van der Waals surface area contributed by atoms with Crippen LogP contribution < -0.4 is 5.73 Å². The maximum Gasteiger partial charge on any atom is 0.149 e. The fraction of sp³-hybridized carbons (Fsp3) is 0.308. The predicted octanol–water partition coefficient (Wildman–Crippen LogP) is 3.01. The number of anilines is 1. The first-order chi connectivity index (χ1) is 8.16. The summed E-state index contributed by atoms with van der Waals surface area (Å²) in [6.07, 6.45) is 3.33. The molecule has 0 spiro atoms.